The Kier molecular flexibility index (Phi) is 4.07. The van der Waals surface area contributed by atoms with E-state index in [4.69, 9.17) is 5.73 Å². The van der Waals surface area contributed by atoms with E-state index in [1.807, 2.05) is 6.07 Å². The summed E-state index contributed by atoms with van der Waals surface area (Å²) in [6, 6.07) is 8.45. The van der Waals surface area contributed by atoms with Crippen LogP contribution >= 0.6 is 0 Å². The number of benzene rings is 1. The van der Waals surface area contributed by atoms with Crippen LogP contribution in [0.2, 0.25) is 0 Å². The maximum atomic E-state index is 11.4. The summed E-state index contributed by atoms with van der Waals surface area (Å²) >= 11 is 0. The summed E-state index contributed by atoms with van der Waals surface area (Å²) in [6.45, 7) is 1.94. The molecule has 0 bridgehead atoms. The van der Waals surface area contributed by atoms with Gasteiger partial charge in [0, 0.05) is 18.3 Å². The van der Waals surface area contributed by atoms with E-state index < -0.39 is 10.2 Å². The first-order chi connectivity index (χ1) is 6.99. The van der Waals surface area contributed by atoms with E-state index in [1.165, 1.54) is 0 Å². The number of hydrogen-bond acceptors (Lipinski definition) is 3. The highest BCUT2D eigenvalue weighted by Gasteiger charge is 2.09. The molecule has 0 fully saturated rings. The third kappa shape index (κ3) is 4.78. The molecule has 1 aromatic carbocycles. The summed E-state index contributed by atoms with van der Waals surface area (Å²) < 4.78 is 27.6. The molecule has 84 valence electrons. The number of rotatable bonds is 5. The Morgan fingerprint density at radius 2 is 1.93 bits per heavy atom. The van der Waals surface area contributed by atoms with Gasteiger partial charge in [-0.05, 0) is 19.1 Å². The zero-order valence-electron chi connectivity index (χ0n) is 8.47. The van der Waals surface area contributed by atoms with E-state index in [9.17, 15) is 8.42 Å². The molecule has 5 nitrogen and oxygen atoms in total. The minimum absolute atomic E-state index is 0.210. The van der Waals surface area contributed by atoms with Gasteiger partial charge in [-0.15, -0.1) is 0 Å². The zero-order valence-corrected chi connectivity index (χ0v) is 9.29. The van der Waals surface area contributed by atoms with Crippen LogP contribution in [0.15, 0.2) is 30.3 Å². The van der Waals surface area contributed by atoms with Gasteiger partial charge in [-0.1, -0.05) is 18.2 Å². The topological polar surface area (TPSA) is 84.2 Å². The molecule has 0 aliphatic heterocycles. The Morgan fingerprint density at radius 3 is 2.47 bits per heavy atom. The molecule has 0 saturated carbocycles. The van der Waals surface area contributed by atoms with Gasteiger partial charge in [0.1, 0.15) is 0 Å². The minimum Gasteiger partial charge on any atom is -0.327 e. The van der Waals surface area contributed by atoms with Gasteiger partial charge in [-0.2, -0.15) is 13.1 Å². The molecule has 0 aliphatic carbocycles. The summed E-state index contributed by atoms with van der Waals surface area (Å²) in [5.41, 5.74) is 5.96. The Bertz CT molecular complexity index is 389. The van der Waals surface area contributed by atoms with Gasteiger partial charge in [0.2, 0.25) is 0 Å². The van der Waals surface area contributed by atoms with Crippen LogP contribution in [0.1, 0.15) is 6.92 Å². The average molecular weight is 229 g/mol. The van der Waals surface area contributed by atoms with Crippen LogP contribution in [-0.4, -0.2) is 21.0 Å². The van der Waals surface area contributed by atoms with Gasteiger partial charge >= 0.3 is 0 Å². The highest BCUT2D eigenvalue weighted by molar-refractivity contribution is 7.90. The van der Waals surface area contributed by atoms with Crippen molar-refractivity contribution in [2.75, 3.05) is 11.3 Å². The van der Waals surface area contributed by atoms with Crippen LogP contribution in [0.4, 0.5) is 5.69 Å². The molecule has 1 aromatic rings. The van der Waals surface area contributed by atoms with E-state index in [1.54, 1.807) is 31.2 Å². The highest BCUT2D eigenvalue weighted by atomic mass is 32.2. The first-order valence-corrected chi connectivity index (χ1v) is 6.06. The summed E-state index contributed by atoms with van der Waals surface area (Å²) in [6.07, 6.45) is 0. The Labute approximate surface area is 89.9 Å². The molecule has 15 heavy (non-hydrogen) atoms. The molecular weight excluding hydrogens is 214 g/mol. The molecule has 6 heteroatoms. The molecule has 0 aromatic heterocycles. The fourth-order valence-electron chi connectivity index (χ4n) is 0.939. The summed E-state index contributed by atoms with van der Waals surface area (Å²) in [4.78, 5) is 0. The molecule has 1 unspecified atom stereocenters. The van der Waals surface area contributed by atoms with E-state index in [2.05, 4.69) is 9.44 Å². The van der Waals surface area contributed by atoms with Crippen LogP contribution in [0, 0.1) is 0 Å². The number of para-hydroxylation sites is 1. The molecule has 0 heterocycles. The molecular formula is C9H15N3O2S. The first-order valence-electron chi connectivity index (χ1n) is 4.57. The predicted octanol–water partition coefficient (Wildman–Crippen LogP) is 0.280. The van der Waals surface area contributed by atoms with Crippen molar-refractivity contribution in [1.82, 2.24) is 4.72 Å². The van der Waals surface area contributed by atoms with Crippen molar-refractivity contribution in [3.8, 4) is 0 Å². The largest absolute Gasteiger partial charge is 0.327 e. The van der Waals surface area contributed by atoms with Crippen molar-refractivity contribution < 1.29 is 8.42 Å². The monoisotopic (exact) mass is 229 g/mol. The van der Waals surface area contributed by atoms with E-state index in [-0.39, 0.29) is 12.6 Å². The molecule has 0 saturated heterocycles. The van der Waals surface area contributed by atoms with Gasteiger partial charge in [0.15, 0.2) is 0 Å². The van der Waals surface area contributed by atoms with Crippen LogP contribution < -0.4 is 15.2 Å². The fraction of sp³-hybridized carbons (Fsp3) is 0.333. The lowest BCUT2D eigenvalue weighted by Gasteiger charge is -2.10. The smallest absolute Gasteiger partial charge is 0.299 e. The Balaban J connectivity index is 2.57. The SMILES string of the molecule is CC(N)CNS(=O)(=O)Nc1ccccc1. The zero-order chi connectivity index (χ0) is 11.3. The quantitative estimate of drug-likeness (QED) is 0.678. The van der Waals surface area contributed by atoms with Crippen molar-refractivity contribution in [3.05, 3.63) is 30.3 Å². The van der Waals surface area contributed by atoms with E-state index in [0.29, 0.717) is 5.69 Å². The number of nitrogens with two attached hydrogens (primary N) is 1. The van der Waals surface area contributed by atoms with Gasteiger partial charge in [-0.25, -0.2) is 0 Å². The third-order valence-electron chi connectivity index (χ3n) is 1.62. The van der Waals surface area contributed by atoms with E-state index in [0.717, 1.165) is 0 Å². The fourth-order valence-corrected chi connectivity index (χ4v) is 1.94. The van der Waals surface area contributed by atoms with Gasteiger partial charge in [0.05, 0.1) is 0 Å². The summed E-state index contributed by atoms with van der Waals surface area (Å²) in [5, 5.41) is 0. The lowest BCUT2D eigenvalue weighted by molar-refractivity contribution is 0.579. The molecule has 4 N–H and O–H groups in total. The van der Waals surface area contributed by atoms with Crippen molar-refractivity contribution >= 4 is 15.9 Å². The van der Waals surface area contributed by atoms with Gasteiger partial charge in [0.25, 0.3) is 10.2 Å². The van der Waals surface area contributed by atoms with Crippen LogP contribution in [0.3, 0.4) is 0 Å². The number of hydrogen-bond donors (Lipinski definition) is 3. The molecule has 0 spiro atoms. The highest BCUT2D eigenvalue weighted by Crippen LogP contribution is 2.06. The minimum atomic E-state index is -3.51. The standard InChI is InChI=1S/C9H15N3O2S/c1-8(10)7-11-15(13,14)12-9-5-3-2-4-6-9/h2-6,8,11-12H,7,10H2,1H3. The normalized spacial score (nSPS) is 13.5. The van der Waals surface area contributed by atoms with Crippen molar-refractivity contribution in [1.29, 1.82) is 0 Å². The second-order valence-electron chi connectivity index (χ2n) is 3.30. The average Bonchev–Trinajstić information content (AvgIpc) is 2.16. The Morgan fingerprint density at radius 1 is 1.33 bits per heavy atom. The lowest BCUT2D eigenvalue weighted by Crippen LogP contribution is -2.38. The molecule has 0 radical (unpaired) electrons. The lowest BCUT2D eigenvalue weighted by atomic mass is 10.3. The molecule has 0 aliphatic rings. The van der Waals surface area contributed by atoms with Crippen molar-refractivity contribution in [3.63, 3.8) is 0 Å². The van der Waals surface area contributed by atoms with Crippen molar-refractivity contribution in [2.45, 2.75) is 13.0 Å². The van der Waals surface area contributed by atoms with Gasteiger partial charge < -0.3 is 5.73 Å². The van der Waals surface area contributed by atoms with Crippen LogP contribution in [-0.2, 0) is 10.2 Å². The molecule has 1 rings (SSSR count). The third-order valence-corrected chi connectivity index (χ3v) is 2.67. The molecule has 1 atom stereocenters. The summed E-state index contributed by atoms with van der Waals surface area (Å²) in [7, 11) is -3.51. The van der Waals surface area contributed by atoms with Crippen molar-refractivity contribution in [2.24, 2.45) is 5.73 Å². The van der Waals surface area contributed by atoms with Crippen LogP contribution in [0.25, 0.3) is 0 Å². The summed E-state index contributed by atoms with van der Waals surface area (Å²) in [5.74, 6) is 0. The second-order valence-corrected chi connectivity index (χ2v) is 4.80. The van der Waals surface area contributed by atoms with E-state index >= 15 is 0 Å². The van der Waals surface area contributed by atoms with Crippen LogP contribution in [0.5, 0.6) is 0 Å². The second kappa shape index (κ2) is 5.11. The maximum absolute atomic E-state index is 11.4. The predicted molar refractivity (Wildman–Crippen MR) is 60.6 cm³/mol. The van der Waals surface area contributed by atoms with Gasteiger partial charge in [-0.3, -0.25) is 4.72 Å². The molecule has 0 amide bonds. The number of nitrogens with one attached hydrogen (secondary N) is 2. The number of anilines is 1. The first kappa shape index (κ1) is 12.0. The maximum Gasteiger partial charge on any atom is 0.299 e. The Hall–Kier alpha value is -1.11.